The minimum atomic E-state index is -0.0866. The van der Waals surface area contributed by atoms with Crippen LogP contribution in [0.15, 0.2) is 58.4 Å². The van der Waals surface area contributed by atoms with Gasteiger partial charge in [-0.25, -0.2) is 4.99 Å². The monoisotopic (exact) mass is 509 g/mol. The molecule has 0 aromatic heterocycles. The van der Waals surface area contributed by atoms with Gasteiger partial charge < -0.3 is 9.64 Å². The van der Waals surface area contributed by atoms with Gasteiger partial charge in [0.1, 0.15) is 0 Å². The number of amidine groups is 1. The summed E-state index contributed by atoms with van der Waals surface area (Å²) in [5, 5.41) is 1.28. The Labute approximate surface area is 217 Å². The van der Waals surface area contributed by atoms with Crippen molar-refractivity contribution in [3.63, 3.8) is 0 Å². The molecule has 0 radical (unpaired) electrons. The van der Waals surface area contributed by atoms with Gasteiger partial charge in [-0.15, -0.1) is 0 Å². The fourth-order valence-electron chi connectivity index (χ4n) is 4.58. The lowest BCUT2D eigenvalue weighted by atomic mass is 9.87. The minimum absolute atomic E-state index is 0.0850. The zero-order valence-corrected chi connectivity index (χ0v) is 22.5. The van der Waals surface area contributed by atoms with Crippen molar-refractivity contribution in [2.45, 2.75) is 39.7 Å². The zero-order valence-electron chi connectivity index (χ0n) is 21.0. The highest BCUT2D eigenvalue weighted by molar-refractivity contribution is 8.18. The van der Waals surface area contributed by atoms with Crippen molar-refractivity contribution in [1.29, 1.82) is 0 Å². The van der Waals surface area contributed by atoms with Gasteiger partial charge in [0.25, 0.3) is 5.91 Å². The van der Waals surface area contributed by atoms with Crippen molar-refractivity contribution in [1.82, 2.24) is 4.90 Å². The molecule has 0 atom stereocenters. The van der Waals surface area contributed by atoms with E-state index in [2.05, 4.69) is 44.7 Å². The molecule has 0 bridgehead atoms. The first kappa shape index (κ1) is 25.5. The fraction of sp³-hybridized carbons (Fsp3) is 0.357. The zero-order chi connectivity index (χ0) is 25.2. The lowest BCUT2D eigenvalue weighted by Gasteiger charge is -2.43. The number of rotatable bonds is 7. The first-order valence-electron chi connectivity index (χ1n) is 11.9. The van der Waals surface area contributed by atoms with Crippen molar-refractivity contribution < 1.29 is 9.53 Å². The molecule has 1 saturated heterocycles. The summed E-state index contributed by atoms with van der Waals surface area (Å²) in [5.74, 6) is -0.0866. The Morgan fingerprint density at radius 1 is 1.17 bits per heavy atom. The maximum Gasteiger partial charge on any atom is 0.266 e. The summed E-state index contributed by atoms with van der Waals surface area (Å²) in [6, 6.07) is 13.8. The lowest BCUT2D eigenvalue weighted by molar-refractivity contribution is -0.122. The largest absolute Gasteiger partial charge is 0.383 e. The van der Waals surface area contributed by atoms with Crippen LogP contribution in [-0.4, -0.2) is 48.3 Å². The summed E-state index contributed by atoms with van der Waals surface area (Å²) in [6.07, 6.45) is 5.24. The Balaban J connectivity index is 1.73. The number of carbonyl (C=O) groups excluding carboxylic acids is 1. The number of hydrogen-bond acceptors (Lipinski definition) is 5. The molecule has 1 fully saturated rings. The Bertz CT molecular complexity index is 1200. The second-order valence-electron chi connectivity index (χ2n) is 9.31. The number of hydrogen-bond donors (Lipinski definition) is 0. The van der Waals surface area contributed by atoms with Crippen molar-refractivity contribution >= 4 is 57.5 Å². The van der Waals surface area contributed by atoms with Crippen LogP contribution in [0.2, 0.25) is 5.02 Å². The van der Waals surface area contributed by atoms with Gasteiger partial charge in [0.05, 0.1) is 29.3 Å². The van der Waals surface area contributed by atoms with Gasteiger partial charge >= 0.3 is 0 Å². The highest BCUT2D eigenvalue weighted by atomic mass is 35.5. The topological polar surface area (TPSA) is 45.1 Å². The Hall–Kier alpha value is -2.54. The van der Waals surface area contributed by atoms with Crippen LogP contribution in [0.25, 0.3) is 11.6 Å². The molecule has 35 heavy (non-hydrogen) atoms. The van der Waals surface area contributed by atoms with E-state index in [0.29, 0.717) is 28.2 Å². The number of methoxy groups -OCH3 is 1. The third-order valence-corrected chi connectivity index (χ3v) is 7.55. The van der Waals surface area contributed by atoms with Crippen LogP contribution in [0.3, 0.4) is 0 Å². The molecule has 4 rings (SSSR count). The first-order chi connectivity index (χ1) is 16.7. The summed E-state index contributed by atoms with van der Waals surface area (Å²) in [6.45, 7) is 10.6. The predicted octanol–water partition coefficient (Wildman–Crippen LogP) is 7.00. The average molecular weight is 510 g/mol. The van der Waals surface area contributed by atoms with Crippen LogP contribution in [0.5, 0.6) is 0 Å². The molecule has 0 spiro atoms. The molecule has 0 N–H and O–H groups in total. The van der Waals surface area contributed by atoms with Crippen LogP contribution < -0.4 is 4.90 Å². The normalized spacial score (nSPS) is 19.5. The summed E-state index contributed by atoms with van der Waals surface area (Å²) in [4.78, 5) is 22.7. The fourth-order valence-corrected chi connectivity index (χ4v) is 5.81. The molecular formula is C28H32ClN3O2S. The number of carbonyl (C=O) groups is 1. The number of benzene rings is 2. The number of nitrogens with zero attached hydrogens (tertiary/aromatic N) is 3. The number of allylic oxidation sites excluding steroid dienone is 1. The molecular weight excluding hydrogens is 478 g/mol. The average Bonchev–Trinajstić information content (AvgIpc) is 3.10. The predicted molar refractivity (Wildman–Crippen MR) is 150 cm³/mol. The smallest absolute Gasteiger partial charge is 0.266 e. The van der Waals surface area contributed by atoms with Crippen LogP contribution >= 0.6 is 23.4 Å². The highest BCUT2D eigenvalue weighted by Crippen LogP contribution is 2.43. The summed E-state index contributed by atoms with van der Waals surface area (Å²) >= 11 is 8.18. The molecule has 2 aliphatic rings. The van der Waals surface area contributed by atoms with Crippen LogP contribution in [0, 0.1) is 0 Å². The molecule has 2 aromatic carbocycles. The first-order valence-corrected chi connectivity index (χ1v) is 13.1. The van der Waals surface area contributed by atoms with Crippen LogP contribution in [0.4, 0.5) is 11.4 Å². The van der Waals surface area contributed by atoms with Gasteiger partial charge in [0, 0.05) is 29.9 Å². The van der Waals surface area contributed by atoms with Crippen LogP contribution in [0.1, 0.15) is 45.2 Å². The molecule has 0 unspecified atom stereocenters. The lowest BCUT2D eigenvalue weighted by Crippen LogP contribution is -2.45. The van der Waals surface area contributed by atoms with Gasteiger partial charge in [-0.1, -0.05) is 42.8 Å². The number of halogens is 1. The quantitative estimate of drug-likeness (QED) is 0.377. The van der Waals surface area contributed by atoms with Gasteiger partial charge in [-0.2, -0.15) is 0 Å². The Kier molecular flexibility index (Phi) is 7.74. The number of para-hydroxylation sites is 1. The summed E-state index contributed by atoms with van der Waals surface area (Å²) in [5.41, 5.74) is 5.06. The third-order valence-electron chi connectivity index (χ3n) is 6.22. The van der Waals surface area contributed by atoms with E-state index in [1.807, 2.05) is 42.5 Å². The molecule has 5 nitrogen and oxygen atoms in total. The molecule has 1 amide bonds. The number of fused-ring (bicyclic) bond motifs is 1. The molecule has 184 valence electrons. The second-order valence-corrected chi connectivity index (χ2v) is 10.7. The van der Waals surface area contributed by atoms with E-state index < -0.39 is 0 Å². The third kappa shape index (κ3) is 5.35. The minimum Gasteiger partial charge on any atom is -0.383 e. The maximum atomic E-state index is 13.3. The van der Waals surface area contributed by atoms with Gasteiger partial charge in [0.2, 0.25) is 0 Å². The van der Waals surface area contributed by atoms with Gasteiger partial charge in [0.15, 0.2) is 5.17 Å². The molecule has 2 aromatic rings. The van der Waals surface area contributed by atoms with E-state index in [0.717, 1.165) is 35.5 Å². The molecule has 0 saturated carbocycles. The number of anilines is 1. The molecule has 2 aliphatic heterocycles. The molecule has 0 aliphatic carbocycles. The number of amides is 1. The van der Waals surface area contributed by atoms with Crippen molar-refractivity contribution in [2.24, 2.45) is 4.99 Å². The maximum absolute atomic E-state index is 13.3. The van der Waals surface area contributed by atoms with Gasteiger partial charge in [-0.05, 0) is 80.4 Å². The van der Waals surface area contributed by atoms with E-state index >= 15 is 0 Å². The SMILES string of the molecule is CCCN1c2cc(Cl)c(/C=C3/SC(=Nc4ccccc4)N(CCOC)C3=O)cc2C(C)=CC1(C)C. The standard InChI is InChI=1S/C28H32ClN3O2S/c1-6-12-32-24-17-23(29)20(15-22(24)19(2)18-28(32,3)4)16-25-26(33)31(13-14-34-5)27(35-25)30-21-10-8-7-9-11-21/h7-11,15-18H,6,12-14H2,1-5H3/b25-16+,30-27?. The van der Waals surface area contributed by atoms with Crippen molar-refractivity contribution in [2.75, 3.05) is 31.7 Å². The number of thioether (sulfide) groups is 1. The van der Waals surface area contributed by atoms with E-state index in [1.54, 1.807) is 12.0 Å². The van der Waals surface area contributed by atoms with Gasteiger partial charge in [-0.3, -0.25) is 9.69 Å². The number of ether oxygens (including phenoxy) is 1. The van der Waals surface area contributed by atoms with Crippen molar-refractivity contribution in [3.05, 3.63) is 69.6 Å². The van der Waals surface area contributed by atoms with E-state index in [-0.39, 0.29) is 11.4 Å². The molecule has 2 heterocycles. The Morgan fingerprint density at radius 2 is 1.91 bits per heavy atom. The van der Waals surface area contributed by atoms with E-state index in [1.165, 1.54) is 17.3 Å². The number of aliphatic imine (C=N–C) groups is 1. The van der Waals surface area contributed by atoms with E-state index in [9.17, 15) is 4.79 Å². The summed E-state index contributed by atoms with van der Waals surface area (Å²) in [7, 11) is 1.63. The van der Waals surface area contributed by atoms with Crippen LogP contribution in [-0.2, 0) is 9.53 Å². The van der Waals surface area contributed by atoms with E-state index in [4.69, 9.17) is 21.3 Å². The van der Waals surface area contributed by atoms with Crippen molar-refractivity contribution in [3.8, 4) is 0 Å². The Morgan fingerprint density at radius 3 is 2.60 bits per heavy atom. The summed E-state index contributed by atoms with van der Waals surface area (Å²) < 4.78 is 5.23. The second kappa shape index (κ2) is 10.6. The molecule has 7 heteroatoms. The highest BCUT2D eigenvalue weighted by Gasteiger charge is 2.34.